The van der Waals surface area contributed by atoms with Crippen LogP contribution in [-0.4, -0.2) is 48.5 Å². The van der Waals surface area contributed by atoms with Crippen molar-refractivity contribution < 1.29 is 18.4 Å². The molecule has 1 aromatic carbocycles. The van der Waals surface area contributed by atoms with Crippen molar-refractivity contribution in [1.29, 1.82) is 0 Å². The SMILES string of the molecule is CNc1cc(S(=O)(=O)N2CCC(C)(O)C2)ccc1[N+](=O)[O-]. The smallest absolute Gasteiger partial charge is 0.292 e. The standard InChI is InChI=1S/C12H17N3O5S/c1-12(16)5-6-14(8-12)21(19,20)9-3-4-11(15(17)18)10(7-9)13-2/h3-4,7,13,16H,5-6,8H2,1-2H3. The fraction of sp³-hybridized carbons (Fsp3) is 0.500. The van der Waals surface area contributed by atoms with Crippen LogP contribution in [0.15, 0.2) is 23.1 Å². The lowest BCUT2D eigenvalue weighted by molar-refractivity contribution is -0.384. The van der Waals surface area contributed by atoms with Crippen molar-refractivity contribution in [3.63, 3.8) is 0 Å². The lowest BCUT2D eigenvalue weighted by Crippen LogP contribution is -2.33. The second-order valence-electron chi connectivity index (χ2n) is 5.27. The van der Waals surface area contributed by atoms with Crippen LogP contribution in [0.5, 0.6) is 0 Å². The van der Waals surface area contributed by atoms with Gasteiger partial charge in [-0.05, 0) is 25.5 Å². The second kappa shape index (κ2) is 5.24. The summed E-state index contributed by atoms with van der Waals surface area (Å²) >= 11 is 0. The lowest BCUT2D eigenvalue weighted by atomic mass is 10.1. The molecular formula is C12H17N3O5S. The summed E-state index contributed by atoms with van der Waals surface area (Å²) in [6.07, 6.45) is 0.359. The number of β-amino-alcohol motifs (C(OH)–C–C–N with tert-alkyl or cyclic N) is 1. The first-order chi connectivity index (χ1) is 9.67. The van der Waals surface area contributed by atoms with Gasteiger partial charge in [-0.25, -0.2) is 8.42 Å². The number of nitrogens with one attached hydrogen (secondary N) is 1. The molecule has 2 rings (SSSR count). The van der Waals surface area contributed by atoms with Gasteiger partial charge in [0.15, 0.2) is 0 Å². The molecule has 1 unspecified atom stereocenters. The van der Waals surface area contributed by atoms with Gasteiger partial charge in [0.2, 0.25) is 10.0 Å². The average Bonchev–Trinajstić information content (AvgIpc) is 2.78. The summed E-state index contributed by atoms with van der Waals surface area (Å²) in [4.78, 5) is 10.2. The van der Waals surface area contributed by atoms with Crippen LogP contribution < -0.4 is 5.32 Å². The summed E-state index contributed by atoms with van der Waals surface area (Å²) < 4.78 is 26.2. The Morgan fingerprint density at radius 2 is 2.14 bits per heavy atom. The minimum Gasteiger partial charge on any atom is -0.389 e. The van der Waals surface area contributed by atoms with Gasteiger partial charge in [-0.2, -0.15) is 4.31 Å². The third-order valence-corrected chi connectivity index (χ3v) is 5.33. The Morgan fingerprint density at radius 3 is 2.62 bits per heavy atom. The summed E-state index contributed by atoms with van der Waals surface area (Å²) in [6.45, 7) is 1.82. The number of hydrogen-bond acceptors (Lipinski definition) is 6. The molecule has 1 fully saturated rings. The Hall–Kier alpha value is -1.71. The maximum Gasteiger partial charge on any atom is 0.292 e. The first kappa shape index (κ1) is 15.7. The summed E-state index contributed by atoms with van der Waals surface area (Å²) in [7, 11) is -2.29. The maximum atomic E-state index is 12.5. The number of aliphatic hydroxyl groups is 1. The van der Waals surface area contributed by atoms with Gasteiger partial charge >= 0.3 is 0 Å². The quantitative estimate of drug-likeness (QED) is 0.627. The minimum atomic E-state index is -3.77. The largest absolute Gasteiger partial charge is 0.389 e. The van der Waals surface area contributed by atoms with Gasteiger partial charge in [0.05, 0.1) is 15.4 Å². The molecular weight excluding hydrogens is 298 g/mol. The van der Waals surface area contributed by atoms with E-state index in [1.165, 1.54) is 23.5 Å². The molecule has 2 N–H and O–H groups in total. The molecule has 0 bridgehead atoms. The number of nitrogens with zero attached hydrogens (tertiary/aromatic N) is 2. The number of nitro groups is 1. The molecule has 0 radical (unpaired) electrons. The van der Waals surface area contributed by atoms with Crippen molar-refractivity contribution in [2.45, 2.75) is 23.8 Å². The van der Waals surface area contributed by atoms with Crippen LogP contribution in [0.1, 0.15) is 13.3 Å². The normalized spacial score (nSPS) is 23.2. The number of anilines is 1. The number of sulfonamides is 1. The van der Waals surface area contributed by atoms with Crippen molar-refractivity contribution >= 4 is 21.4 Å². The summed E-state index contributed by atoms with van der Waals surface area (Å²) in [5.41, 5.74) is -1.10. The Labute approximate surface area is 122 Å². The van der Waals surface area contributed by atoms with E-state index in [9.17, 15) is 23.6 Å². The van der Waals surface area contributed by atoms with E-state index in [1.807, 2.05) is 0 Å². The number of nitro benzene ring substituents is 1. The first-order valence-corrected chi connectivity index (χ1v) is 7.80. The van der Waals surface area contributed by atoms with Crippen molar-refractivity contribution in [2.75, 3.05) is 25.5 Å². The van der Waals surface area contributed by atoms with Crippen molar-refractivity contribution in [3.05, 3.63) is 28.3 Å². The Kier molecular flexibility index (Phi) is 3.91. The molecule has 1 aromatic rings. The van der Waals surface area contributed by atoms with Gasteiger partial charge in [-0.3, -0.25) is 10.1 Å². The Balaban J connectivity index is 2.40. The molecule has 0 aliphatic carbocycles. The van der Waals surface area contributed by atoms with Crippen LogP contribution in [0, 0.1) is 10.1 Å². The predicted molar refractivity (Wildman–Crippen MR) is 76.6 cm³/mol. The monoisotopic (exact) mass is 315 g/mol. The van der Waals surface area contributed by atoms with E-state index in [0.717, 1.165) is 6.07 Å². The van der Waals surface area contributed by atoms with E-state index >= 15 is 0 Å². The number of rotatable bonds is 4. The molecule has 1 atom stereocenters. The van der Waals surface area contributed by atoms with Crippen molar-refractivity contribution in [3.8, 4) is 0 Å². The van der Waals surface area contributed by atoms with Crippen molar-refractivity contribution in [2.24, 2.45) is 0 Å². The van der Waals surface area contributed by atoms with Crippen LogP contribution in [0.2, 0.25) is 0 Å². The van der Waals surface area contributed by atoms with Gasteiger partial charge in [0, 0.05) is 26.2 Å². The highest BCUT2D eigenvalue weighted by Gasteiger charge is 2.38. The number of hydrogen-bond donors (Lipinski definition) is 2. The highest BCUT2D eigenvalue weighted by Crippen LogP contribution is 2.31. The van der Waals surface area contributed by atoms with E-state index in [-0.39, 0.29) is 29.4 Å². The third kappa shape index (κ3) is 2.99. The molecule has 1 heterocycles. The van der Waals surface area contributed by atoms with E-state index in [2.05, 4.69) is 5.32 Å². The highest BCUT2D eigenvalue weighted by molar-refractivity contribution is 7.89. The maximum absolute atomic E-state index is 12.5. The molecule has 21 heavy (non-hydrogen) atoms. The summed E-state index contributed by atoms with van der Waals surface area (Å²) in [5, 5.41) is 23.4. The molecule has 1 aliphatic heterocycles. The van der Waals surface area contributed by atoms with Crippen LogP contribution in [0.25, 0.3) is 0 Å². The van der Waals surface area contributed by atoms with Crippen LogP contribution in [-0.2, 0) is 10.0 Å². The van der Waals surface area contributed by atoms with Crippen LogP contribution >= 0.6 is 0 Å². The lowest BCUT2D eigenvalue weighted by Gasteiger charge is -2.19. The molecule has 116 valence electrons. The zero-order valence-electron chi connectivity index (χ0n) is 11.7. The van der Waals surface area contributed by atoms with Gasteiger partial charge < -0.3 is 10.4 Å². The van der Waals surface area contributed by atoms with Crippen molar-refractivity contribution in [1.82, 2.24) is 4.31 Å². The highest BCUT2D eigenvalue weighted by atomic mass is 32.2. The number of benzene rings is 1. The molecule has 0 spiro atoms. The fourth-order valence-electron chi connectivity index (χ4n) is 2.29. The minimum absolute atomic E-state index is 0.0151. The molecule has 1 aliphatic rings. The molecule has 8 nitrogen and oxygen atoms in total. The van der Waals surface area contributed by atoms with Crippen LogP contribution in [0.4, 0.5) is 11.4 Å². The van der Waals surface area contributed by atoms with Crippen LogP contribution in [0.3, 0.4) is 0 Å². The van der Waals surface area contributed by atoms with Gasteiger partial charge in [-0.1, -0.05) is 0 Å². The van der Waals surface area contributed by atoms with E-state index in [0.29, 0.717) is 6.42 Å². The van der Waals surface area contributed by atoms with Gasteiger partial charge in [0.25, 0.3) is 5.69 Å². The van der Waals surface area contributed by atoms with Gasteiger partial charge in [-0.15, -0.1) is 0 Å². The topological polar surface area (TPSA) is 113 Å². The molecule has 0 aromatic heterocycles. The summed E-state index contributed by atoms with van der Waals surface area (Å²) in [6, 6.07) is 3.61. The second-order valence-corrected chi connectivity index (χ2v) is 7.21. The predicted octanol–water partition coefficient (Wildman–Crippen LogP) is 0.782. The van der Waals surface area contributed by atoms with Gasteiger partial charge in [0.1, 0.15) is 5.69 Å². The first-order valence-electron chi connectivity index (χ1n) is 6.36. The van der Waals surface area contributed by atoms with E-state index in [1.54, 1.807) is 6.92 Å². The fourth-order valence-corrected chi connectivity index (χ4v) is 3.88. The molecule has 0 amide bonds. The Morgan fingerprint density at radius 1 is 1.48 bits per heavy atom. The zero-order valence-corrected chi connectivity index (χ0v) is 12.6. The molecule has 0 saturated carbocycles. The third-order valence-electron chi connectivity index (χ3n) is 3.49. The Bertz CT molecular complexity index is 671. The van der Waals surface area contributed by atoms with E-state index in [4.69, 9.17) is 0 Å². The van der Waals surface area contributed by atoms with E-state index < -0.39 is 20.5 Å². The average molecular weight is 315 g/mol. The molecule has 1 saturated heterocycles. The summed E-state index contributed by atoms with van der Waals surface area (Å²) in [5.74, 6) is 0. The zero-order chi connectivity index (χ0) is 15.8. The molecule has 9 heteroatoms.